The number of rotatable bonds is 7. The molecule has 0 aliphatic heterocycles. The number of aryl methyl sites for hydroxylation is 1. The molecule has 1 N–H and O–H groups in total. The number of hydrogen-bond donors (Lipinski definition) is 1. The Morgan fingerprint density at radius 2 is 1.76 bits per heavy atom. The summed E-state index contributed by atoms with van der Waals surface area (Å²) in [5.41, 5.74) is 3.93. The molecule has 1 atom stereocenters. The molecule has 112 valence electrons. The molecule has 0 saturated carbocycles. The lowest BCUT2D eigenvalue weighted by molar-refractivity contribution is 0.408. The van der Waals surface area contributed by atoms with Crippen LogP contribution in [-0.2, 0) is 6.42 Å². The van der Waals surface area contributed by atoms with Gasteiger partial charge in [0.2, 0.25) is 0 Å². The van der Waals surface area contributed by atoms with Crippen molar-refractivity contribution in [3.05, 3.63) is 65.2 Å². The van der Waals surface area contributed by atoms with Crippen molar-refractivity contribution in [2.45, 2.75) is 32.7 Å². The monoisotopic (exact) mass is 283 g/mol. The van der Waals surface area contributed by atoms with Gasteiger partial charge in [0.05, 0.1) is 7.11 Å². The molecule has 1 unspecified atom stereocenters. The van der Waals surface area contributed by atoms with E-state index in [4.69, 9.17) is 4.74 Å². The fourth-order valence-corrected chi connectivity index (χ4v) is 2.59. The second-order valence-corrected chi connectivity index (χ2v) is 5.39. The predicted octanol–water partition coefficient (Wildman–Crippen LogP) is 4.29. The molecular formula is C19H25NO. The van der Waals surface area contributed by atoms with E-state index in [1.165, 1.54) is 16.7 Å². The van der Waals surface area contributed by atoms with Gasteiger partial charge in [0.15, 0.2) is 0 Å². The molecule has 2 nitrogen and oxygen atoms in total. The molecule has 2 rings (SSSR count). The Bertz CT molecular complexity index is 548. The Labute approximate surface area is 128 Å². The lowest BCUT2D eigenvalue weighted by Gasteiger charge is -2.18. The third-order valence-electron chi connectivity index (χ3n) is 3.87. The minimum atomic E-state index is 0.417. The van der Waals surface area contributed by atoms with Gasteiger partial charge in [-0.1, -0.05) is 55.0 Å². The summed E-state index contributed by atoms with van der Waals surface area (Å²) < 4.78 is 5.40. The molecule has 0 heterocycles. The van der Waals surface area contributed by atoms with Gasteiger partial charge in [-0.15, -0.1) is 0 Å². The summed E-state index contributed by atoms with van der Waals surface area (Å²) in [5, 5.41) is 3.65. The van der Waals surface area contributed by atoms with E-state index in [0.29, 0.717) is 6.04 Å². The van der Waals surface area contributed by atoms with Crippen LogP contribution in [-0.4, -0.2) is 13.7 Å². The van der Waals surface area contributed by atoms with Crippen LogP contribution in [0.2, 0.25) is 0 Å². The van der Waals surface area contributed by atoms with Crippen LogP contribution in [0.5, 0.6) is 5.75 Å². The van der Waals surface area contributed by atoms with Crippen molar-refractivity contribution in [3.8, 4) is 5.75 Å². The van der Waals surface area contributed by atoms with Crippen LogP contribution in [0.1, 0.15) is 36.1 Å². The molecule has 0 aliphatic rings. The minimum absolute atomic E-state index is 0.417. The quantitative estimate of drug-likeness (QED) is 0.818. The summed E-state index contributed by atoms with van der Waals surface area (Å²) in [6.45, 7) is 5.30. The Kier molecular flexibility index (Phi) is 5.82. The Morgan fingerprint density at radius 3 is 2.43 bits per heavy atom. The van der Waals surface area contributed by atoms with Gasteiger partial charge in [-0.3, -0.25) is 0 Å². The Hall–Kier alpha value is -1.80. The highest BCUT2D eigenvalue weighted by Crippen LogP contribution is 2.19. The smallest absolute Gasteiger partial charge is 0.122 e. The second-order valence-electron chi connectivity index (χ2n) is 5.39. The van der Waals surface area contributed by atoms with Crippen LogP contribution in [0.3, 0.4) is 0 Å². The van der Waals surface area contributed by atoms with Gasteiger partial charge in [-0.25, -0.2) is 0 Å². The molecule has 2 aromatic carbocycles. The van der Waals surface area contributed by atoms with E-state index in [1.54, 1.807) is 7.11 Å². The highest BCUT2D eigenvalue weighted by molar-refractivity contribution is 5.33. The molecule has 21 heavy (non-hydrogen) atoms. The van der Waals surface area contributed by atoms with Crippen LogP contribution in [0.25, 0.3) is 0 Å². The summed E-state index contributed by atoms with van der Waals surface area (Å²) in [7, 11) is 1.73. The van der Waals surface area contributed by atoms with Gasteiger partial charge in [0.1, 0.15) is 5.75 Å². The van der Waals surface area contributed by atoms with Crippen LogP contribution in [0, 0.1) is 6.92 Å². The third kappa shape index (κ3) is 4.33. The van der Waals surface area contributed by atoms with Crippen molar-refractivity contribution in [1.29, 1.82) is 0 Å². The SMILES string of the molecule is CCC(NCCc1ccccc1OC)c1ccc(C)cc1. The average Bonchev–Trinajstić information content (AvgIpc) is 2.53. The topological polar surface area (TPSA) is 21.3 Å². The minimum Gasteiger partial charge on any atom is -0.496 e. The maximum Gasteiger partial charge on any atom is 0.122 e. The van der Waals surface area contributed by atoms with E-state index in [0.717, 1.165) is 25.1 Å². The molecule has 0 spiro atoms. The summed E-state index contributed by atoms with van der Waals surface area (Å²) in [6.07, 6.45) is 2.07. The zero-order valence-corrected chi connectivity index (χ0v) is 13.2. The maximum absolute atomic E-state index is 5.40. The number of para-hydroxylation sites is 1. The molecular weight excluding hydrogens is 258 g/mol. The lowest BCUT2D eigenvalue weighted by atomic mass is 10.0. The average molecular weight is 283 g/mol. The number of nitrogens with one attached hydrogen (secondary N) is 1. The van der Waals surface area contributed by atoms with Crippen molar-refractivity contribution < 1.29 is 4.74 Å². The van der Waals surface area contributed by atoms with Crippen LogP contribution < -0.4 is 10.1 Å². The number of benzene rings is 2. The molecule has 0 fully saturated rings. The van der Waals surface area contributed by atoms with Gasteiger partial charge in [-0.05, 0) is 43.5 Å². The lowest BCUT2D eigenvalue weighted by Crippen LogP contribution is -2.23. The van der Waals surface area contributed by atoms with Gasteiger partial charge in [-0.2, -0.15) is 0 Å². The summed E-state index contributed by atoms with van der Waals surface area (Å²) in [4.78, 5) is 0. The first-order chi connectivity index (χ1) is 10.2. The number of methoxy groups -OCH3 is 1. The standard InChI is InChI=1S/C19H25NO/c1-4-18(16-11-9-15(2)10-12-16)20-14-13-17-7-5-6-8-19(17)21-3/h5-12,18,20H,4,13-14H2,1-3H3. The van der Waals surface area contributed by atoms with E-state index in [1.807, 2.05) is 12.1 Å². The zero-order chi connectivity index (χ0) is 15.1. The van der Waals surface area contributed by atoms with Crippen molar-refractivity contribution in [2.75, 3.05) is 13.7 Å². The van der Waals surface area contributed by atoms with Crippen LogP contribution in [0.4, 0.5) is 0 Å². The second kappa shape index (κ2) is 7.84. The van der Waals surface area contributed by atoms with E-state index in [9.17, 15) is 0 Å². The molecule has 0 saturated heterocycles. The molecule has 2 heteroatoms. The van der Waals surface area contributed by atoms with Crippen molar-refractivity contribution >= 4 is 0 Å². The molecule has 0 aliphatic carbocycles. The largest absolute Gasteiger partial charge is 0.496 e. The van der Waals surface area contributed by atoms with Crippen LogP contribution >= 0.6 is 0 Å². The summed E-state index contributed by atoms with van der Waals surface area (Å²) in [5.74, 6) is 0.975. The number of ether oxygens (including phenoxy) is 1. The highest BCUT2D eigenvalue weighted by atomic mass is 16.5. The van der Waals surface area contributed by atoms with Gasteiger partial charge in [0, 0.05) is 6.04 Å². The first-order valence-corrected chi connectivity index (χ1v) is 7.66. The van der Waals surface area contributed by atoms with Crippen molar-refractivity contribution in [2.24, 2.45) is 0 Å². The van der Waals surface area contributed by atoms with Crippen LogP contribution in [0.15, 0.2) is 48.5 Å². The Balaban J connectivity index is 1.93. The fourth-order valence-electron chi connectivity index (χ4n) is 2.59. The zero-order valence-electron chi connectivity index (χ0n) is 13.2. The molecule has 0 aromatic heterocycles. The molecule has 0 bridgehead atoms. The predicted molar refractivity (Wildman–Crippen MR) is 88.9 cm³/mol. The first-order valence-electron chi connectivity index (χ1n) is 7.66. The van der Waals surface area contributed by atoms with Crippen molar-refractivity contribution in [1.82, 2.24) is 5.32 Å². The van der Waals surface area contributed by atoms with E-state index < -0.39 is 0 Å². The highest BCUT2D eigenvalue weighted by Gasteiger charge is 2.08. The van der Waals surface area contributed by atoms with Crippen molar-refractivity contribution in [3.63, 3.8) is 0 Å². The summed E-state index contributed by atoms with van der Waals surface area (Å²) >= 11 is 0. The molecule has 0 amide bonds. The normalized spacial score (nSPS) is 12.1. The molecule has 2 aromatic rings. The third-order valence-corrected chi connectivity index (χ3v) is 3.87. The first kappa shape index (κ1) is 15.6. The van der Waals surface area contributed by atoms with E-state index in [-0.39, 0.29) is 0 Å². The van der Waals surface area contributed by atoms with Gasteiger partial charge >= 0.3 is 0 Å². The fraction of sp³-hybridized carbons (Fsp3) is 0.368. The number of hydrogen-bond acceptors (Lipinski definition) is 2. The van der Waals surface area contributed by atoms with Gasteiger partial charge in [0.25, 0.3) is 0 Å². The summed E-state index contributed by atoms with van der Waals surface area (Å²) in [6, 6.07) is 17.4. The maximum atomic E-state index is 5.40. The van der Waals surface area contributed by atoms with E-state index >= 15 is 0 Å². The van der Waals surface area contributed by atoms with Gasteiger partial charge < -0.3 is 10.1 Å². The molecule has 0 radical (unpaired) electrons. The Morgan fingerprint density at radius 1 is 1.05 bits per heavy atom. The van der Waals surface area contributed by atoms with E-state index in [2.05, 4.69) is 55.6 Å².